The largest absolute Gasteiger partial charge is 2.00 e. The molecule has 3 nitrogen and oxygen atoms in total. The maximum Gasteiger partial charge on any atom is 2.00 e. The van der Waals surface area contributed by atoms with Crippen LogP contribution in [0, 0.1) is 0 Å². The Morgan fingerprint density at radius 1 is 1.40 bits per heavy atom. The van der Waals surface area contributed by atoms with Crippen LogP contribution in [0.1, 0.15) is 28.5 Å². The fourth-order valence-electron chi connectivity index (χ4n) is 0.597. The van der Waals surface area contributed by atoms with Crippen molar-refractivity contribution in [3.8, 4) is 0 Å². The van der Waals surface area contributed by atoms with Gasteiger partial charge < -0.3 is 13.7 Å². The molecule has 0 radical (unpaired) electrons. The normalized spacial score (nSPS) is 8.50. The SMILES string of the molecule is NCCCCCC(=O)O.[Ca+2].[H-].[H-]. The van der Waals surface area contributed by atoms with Crippen LogP contribution in [0.5, 0.6) is 0 Å². The van der Waals surface area contributed by atoms with Crippen LogP contribution in [-0.2, 0) is 4.79 Å². The summed E-state index contributed by atoms with van der Waals surface area (Å²) in [6.07, 6.45) is 2.91. The molecule has 0 aliphatic rings. The number of aliphatic carboxylic acids is 1. The monoisotopic (exact) mass is 173 g/mol. The molecular formula is C6H15CaNO2. The molecule has 3 N–H and O–H groups in total. The second kappa shape index (κ2) is 9.69. The van der Waals surface area contributed by atoms with Crippen molar-refractivity contribution in [3.63, 3.8) is 0 Å². The van der Waals surface area contributed by atoms with Gasteiger partial charge in [0.05, 0.1) is 0 Å². The molecule has 0 amide bonds. The molecule has 0 fully saturated rings. The third-order valence-electron chi connectivity index (χ3n) is 1.09. The van der Waals surface area contributed by atoms with Gasteiger partial charge in [-0.1, -0.05) is 6.42 Å². The molecule has 0 unspecified atom stereocenters. The number of carboxylic acids is 1. The van der Waals surface area contributed by atoms with Crippen molar-refractivity contribution in [1.29, 1.82) is 0 Å². The second-order valence-electron chi connectivity index (χ2n) is 1.99. The molecule has 0 aliphatic heterocycles. The molecule has 0 saturated heterocycles. The van der Waals surface area contributed by atoms with Crippen LogP contribution in [0.4, 0.5) is 0 Å². The third kappa shape index (κ3) is 11.5. The van der Waals surface area contributed by atoms with Crippen LogP contribution < -0.4 is 5.73 Å². The van der Waals surface area contributed by atoms with Crippen LogP contribution in [0.15, 0.2) is 0 Å². The zero-order chi connectivity index (χ0) is 7.11. The molecular weight excluding hydrogens is 158 g/mol. The van der Waals surface area contributed by atoms with Crippen molar-refractivity contribution in [1.82, 2.24) is 0 Å². The first kappa shape index (κ1) is 13.3. The quantitative estimate of drug-likeness (QED) is 0.468. The van der Waals surface area contributed by atoms with E-state index in [0.29, 0.717) is 6.54 Å². The van der Waals surface area contributed by atoms with Crippen LogP contribution in [0.25, 0.3) is 0 Å². The molecule has 4 heteroatoms. The summed E-state index contributed by atoms with van der Waals surface area (Å²) in [5, 5.41) is 8.18. The molecule has 10 heavy (non-hydrogen) atoms. The van der Waals surface area contributed by atoms with Crippen molar-refractivity contribution in [3.05, 3.63) is 0 Å². The first-order valence-corrected chi connectivity index (χ1v) is 3.19. The van der Waals surface area contributed by atoms with E-state index in [1.54, 1.807) is 0 Å². The Morgan fingerprint density at radius 2 is 2.00 bits per heavy atom. The van der Waals surface area contributed by atoms with Gasteiger partial charge in [0.25, 0.3) is 0 Å². The Kier molecular flexibility index (Phi) is 12.9. The molecule has 0 heterocycles. The summed E-state index contributed by atoms with van der Waals surface area (Å²) in [7, 11) is 0. The minimum absolute atomic E-state index is 0. The molecule has 0 aromatic carbocycles. The van der Waals surface area contributed by atoms with Gasteiger partial charge in [0, 0.05) is 6.42 Å². The molecule has 58 valence electrons. The maximum absolute atomic E-state index is 9.93. The van der Waals surface area contributed by atoms with E-state index in [2.05, 4.69) is 0 Å². The summed E-state index contributed by atoms with van der Waals surface area (Å²) in [4.78, 5) is 9.93. The molecule has 0 saturated carbocycles. The minimum atomic E-state index is -0.716. The van der Waals surface area contributed by atoms with E-state index < -0.39 is 5.97 Å². The van der Waals surface area contributed by atoms with E-state index >= 15 is 0 Å². The number of carboxylic acid groups (broad SMARTS) is 1. The van der Waals surface area contributed by atoms with Gasteiger partial charge >= 0.3 is 43.7 Å². The Bertz CT molecular complexity index is 95.6. The van der Waals surface area contributed by atoms with Gasteiger partial charge in [0.1, 0.15) is 0 Å². The van der Waals surface area contributed by atoms with E-state index in [9.17, 15) is 4.79 Å². The summed E-state index contributed by atoms with van der Waals surface area (Å²) >= 11 is 0. The topological polar surface area (TPSA) is 63.3 Å². The van der Waals surface area contributed by atoms with Gasteiger partial charge in [-0.25, -0.2) is 0 Å². The van der Waals surface area contributed by atoms with E-state index in [4.69, 9.17) is 10.8 Å². The van der Waals surface area contributed by atoms with Gasteiger partial charge in [-0.15, -0.1) is 0 Å². The number of unbranched alkanes of at least 4 members (excludes halogenated alkanes) is 2. The minimum Gasteiger partial charge on any atom is -1.00 e. The fraction of sp³-hybridized carbons (Fsp3) is 0.833. The molecule has 0 aliphatic carbocycles. The number of hydrogen-bond acceptors (Lipinski definition) is 2. The van der Waals surface area contributed by atoms with Crippen molar-refractivity contribution >= 4 is 43.7 Å². The summed E-state index contributed by atoms with van der Waals surface area (Å²) in [5.74, 6) is -0.716. The Balaban J connectivity index is -0.000000107. The van der Waals surface area contributed by atoms with Crippen molar-refractivity contribution in [2.24, 2.45) is 5.73 Å². The number of carbonyl (C=O) groups is 1. The number of hydrogen-bond donors (Lipinski definition) is 2. The standard InChI is InChI=1S/C6H13NO2.Ca.2H/c7-5-3-1-2-4-6(8)9;;;/h1-5,7H2,(H,8,9);;;/q;+2;2*-1. The van der Waals surface area contributed by atoms with Gasteiger partial charge in [-0.2, -0.15) is 0 Å². The molecule has 0 spiro atoms. The Morgan fingerprint density at radius 3 is 2.40 bits per heavy atom. The van der Waals surface area contributed by atoms with Crippen LogP contribution in [-0.4, -0.2) is 55.4 Å². The van der Waals surface area contributed by atoms with E-state index in [-0.39, 0.29) is 47.0 Å². The van der Waals surface area contributed by atoms with Crippen molar-refractivity contribution in [2.45, 2.75) is 25.7 Å². The third-order valence-corrected chi connectivity index (χ3v) is 1.09. The zero-order valence-corrected chi connectivity index (χ0v) is 8.38. The van der Waals surface area contributed by atoms with Gasteiger partial charge in [-0.3, -0.25) is 4.79 Å². The van der Waals surface area contributed by atoms with Crippen LogP contribution in [0.3, 0.4) is 0 Å². The molecule has 0 rings (SSSR count). The summed E-state index contributed by atoms with van der Waals surface area (Å²) < 4.78 is 0. The van der Waals surface area contributed by atoms with Crippen molar-refractivity contribution in [2.75, 3.05) is 6.54 Å². The van der Waals surface area contributed by atoms with Gasteiger partial charge in [0.2, 0.25) is 0 Å². The van der Waals surface area contributed by atoms with E-state index in [1.807, 2.05) is 0 Å². The smallest absolute Gasteiger partial charge is 1.00 e. The van der Waals surface area contributed by atoms with Crippen LogP contribution >= 0.6 is 0 Å². The Labute approximate surface area is 93.9 Å². The predicted octanol–water partition coefficient (Wildman–Crippen LogP) is 0.434. The average molecular weight is 173 g/mol. The molecule has 0 aromatic heterocycles. The summed E-state index contributed by atoms with van der Waals surface area (Å²) in [5.41, 5.74) is 5.20. The van der Waals surface area contributed by atoms with E-state index in [0.717, 1.165) is 19.3 Å². The number of rotatable bonds is 5. The molecule has 0 bridgehead atoms. The summed E-state index contributed by atoms with van der Waals surface area (Å²) in [6, 6.07) is 0. The number of nitrogens with two attached hydrogens (primary N) is 1. The molecule has 0 aromatic rings. The first-order valence-electron chi connectivity index (χ1n) is 3.19. The summed E-state index contributed by atoms with van der Waals surface area (Å²) in [6.45, 7) is 0.666. The first-order chi connectivity index (χ1) is 4.27. The average Bonchev–Trinajstić information content (AvgIpc) is 1.80. The fourth-order valence-corrected chi connectivity index (χ4v) is 0.597. The Hall–Kier alpha value is 0.690. The van der Waals surface area contributed by atoms with Crippen molar-refractivity contribution < 1.29 is 12.8 Å². The van der Waals surface area contributed by atoms with E-state index in [1.165, 1.54) is 0 Å². The predicted molar refractivity (Wildman–Crippen MR) is 43.1 cm³/mol. The maximum atomic E-state index is 9.93. The van der Waals surface area contributed by atoms with Gasteiger partial charge in [-0.05, 0) is 19.4 Å². The second-order valence-corrected chi connectivity index (χ2v) is 1.99. The zero-order valence-electron chi connectivity index (χ0n) is 8.18. The molecule has 0 atom stereocenters. The van der Waals surface area contributed by atoms with Gasteiger partial charge in [0.15, 0.2) is 0 Å². The van der Waals surface area contributed by atoms with Crippen LogP contribution in [0.2, 0.25) is 0 Å².